The number of nitrogens with zero attached hydrogens (tertiary/aromatic N) is 1. The number of aliphatic imine (C=N–C) groups is 1. The second kappa shape index (κ2) is 10.9. The van der Waals surface area contributed by atoms with E-state index in [0.29, 0.717) is 18.6 Å². The first-order valence-corrected chi connectivity index (χ1v) is 11.1. The van der Waals surface area contributed by atoms with Gasteiger partial charge in [0.15, 0.2) is 0 Å². The Labute approximate surface area is 190 Å². The molecule has 0 saturated heterocycles. The number of carboxylic acid groups (broad SMARTS) is 1. The van der Waals surface area contributed by atoms with E-state index in [1.165, 1.54) is 16.7 Å². The lowest BCUT2D eigenvalue weighted by atomic mass is 10.0. The van der Waals surface area contributed by atoms with Crippen molar-refractivity contribution < 1.29 is 9.90 Å². The van der Waals surface area contributed by atoms with Gasteiger partial charge < -0.3 is 20.8 Å². The minimum atomic E-state index is -0.824. The maximum atomic E-state index is 10.7. The number of aliphatic carboxylic acids is 1. The molecule has 0 aromatic carbocycles. The van der Waals surface area contributed by atoms with Crippen LogP contribution < -0.4 is 16.0 Å². The smallest absolute Gasteiger partial charge is 0.303 e. The Morgan fingerprint density at radius 3 is 2.50 bits per heavy atom. The van der Waals surface area contributed by atoms with Gasteiger partial charge in [0.1, 0.15) is 0 Å². The molecule has 0 amide bonds. The number of carboxylic acids is 1. The Balaban J connectivity index is 2.46. The third-order valence-electron chi connectivity index (χ3n) is 5.84. The van der Waals surface area contributed by atoms with Crippen LogP contribution in [0.25, 0.3) is 11.6 Å². The third kappa shape index (κ3) is 5.96. The van der Waals surface area contributed by atoms with Gasteiger partial charge in [0.05, 0.1) is 11.4 Å². The molecule has 0 radical (unpaired) electrons. The highest BCUT2D eigenvalue weighted by Gasteiger charge is 2.18. The Hall–Kier alpha value is -3.15. The maximum Gasteiger partial charge on any atom is 0.303 e. The number of nitrogens with one attached hydrogen (secondary N) is 3. The van der Waals surface area contributed by atoms with Gasteiger partial charge in [0, 0.05) is 35.6 Å². The predicted octanol–water partition coefficient (Wildman–Crippen LogP) is 4.13. The van der Waals surface area contributed by atoms with Crippen LogP contribution in [0.4, 0.5) is 0 Å². The summed E-state index contributed by atoms with van der Waals surface area (Å²) < 4.78 is 0. The van der Waals surface area contributed by atoms with E-state index in [1.807, 2.05) is 27.0 Å². The molecule has 0 atom stereocenters. The van der Waals surface area contributed by atoms with Crippen molar-refractivity contribution in [2.24, 2.45) is 4.99 Å². The minimum Gasteiger partial charge on any atom is -0.481 e. The topological polar surface area (TPSA) is 101 Å². The zero-order valence-electron chi connectivity index (χ0n) is 20.4. The summed E-state index contributed by atoms with van der Waals surface area (Å²) in [6, 6.07) is 2.05. The Morgan fingerprint density at radius 1 is 1.25 bits per heavy atom. The largest absolute Gasteiger partial charge is 0.481 e. The number of aromatic nitrogens is 1. The van der Waals surface area contributed by atoms with Crippen molar-refractivity contribution in [3.63, 3.8) is 0 Å². The number of aromatic amines is 1. The van der Waals surface area contributed by atoms with Crippen LogP contribution >= 0.6 is 0 Å². The van der Waals surface area contributed by atoms with E-state index in [9.17, 15) is 4.79 Å². The number of allylic oxidation sites excluding steroid dienone is 4. The van der Waals surface area contributed by atoms with Gasteiger partial charge in [-0.25, -0.2) is 4.99 Å². The van der Waals surface area contributed by atoms with Crippen molar-refractivity contribution in [2.75, 3.05) is 7.05 Å². The predicted molar refractivity (Wildman–Crippen MR) is 133 cm³/mol. The SMILES string of the molecule is CCC1=C(C)/C(=C/C(NC)=C(C)C)N=C1/C=c1\[nH]/c(=C(/C)C(=N)CCCC(=O)O)cc1C. The van der Waals surface area contributed by atoms with Gasteiger partial charge in [-0.2, -0.15) is 0 Å². The average Bonchev–Trinajstić information content (AvgIpc) is 3.24. The standard InChI is InChI=1S/C26H36N4O2/c1-8-19-17(5)24(13-21(28-7)15(2)3)30-25(19)14-22-16(4)12-23(29-22)18(6)20(27)10-9-11-26(31)32/h12-14,27-29H,8-11H2,1-7H3,(H,31,32)/b22-14-,23-18-,24-13-,27-20?. The number of hydrogen-bond acceptors (Lipinski definition) is 4. The first kappa shape index (κ1) is 25.1. The molecule has 0 unspecified atom stereocenters. The Kier molecular flexibility index (Phi) is 8.58. The van der Waals surface area contributed by atoms with Gasteiger partial charge in [0.2, 0.25) is 0 Å². The van der Waals surface area contributed by atoms with Crippen LogP contribution in [0.15, 0.2) is 45.2 Å². The Morgan fingerprint density at radius 2 is 1.94 bits per heavy atom. The summed E-state index contributed by atoms with van der Waals surface area (Å²) >= 11 is 0. The molecule has 1 aliphatic heterocycles. The quantitative estimate of drug-likeness (QED) is 0.438. The van der Waals surface area contributed by atoms with Crippen molar-refractivity contribution in [1.29, 1.82) is 5.41 Å². The molecule has 32 heavy (non-hydrogen) atoms. The monoisotopic (exact) mass is 436 g/mol. The first-order chi connectivity index (χ1) is 15.1. The van der Waals surface area contributed by atoms with Gasteiger partial charge in [0.25, 0.3) is 0 Å². The van der Waals surface area contributed by atoms with Crippen LogP contribution in [0.1, 0.15) is 65.9 Å². The lowest BCUT2D eigenvalue weighted by Crippen LogP contribution is -2.17. The fourth-order valence-electron chi connectivity index (χ4n) is 3.77. The average molecular weight is 437 g/mol. The van der Waals surface area contributed by atoms with Gasteiger partial charge in [-0.15, -0.1) is 0 Å². The molecule has 0 saturated carbocycles. The summed E-state index contributed by atoms with van der Waals surface area (Å²) in [4.78, 5) is 19.1. The molecule has 0 aliphatic carbocycles. The molecule has 2 rings (SSSR count). The number of carbonyl (C=O) groups is 1. The molecule has 4 N–H and O–H groups in total. The Bertz CT molecular complexity index is 1150. The number of H-pyrrole nitrogens is 1. The van der Waals surface area contributed by atoms with Crippen LogP contribution in [0.3, 0.4) is 0 Å². The van der Waals surface area contributed by atoms with Crippen molar-refractivity contribution in [2.45, 2.75) is 67.2 Å². The van der Waals surface area contributed by atoms with Crippen LogP contribution in [-0.2, 0) is 4.79 Å². The van der Waals surface area contributed by atoms with Gasteiger partial charge >= 0.3 is 5.97 Å². The second-order valence-electron chi connectivity index (χ2n) is 8.42. The van der Waals surface area contributed by atoms with Crippen molar-refractivity contribution in [1.82, 2.24) is 10.3 Å². The lowest BCUT2D eigenvalue weighted by molar-refractivity contribution is -0.137. The second-order valence-corrected chi connectivity index (χ2v) is 8.42. The lowest BCUT2D eigenvalue weighted by Gasteiger charge is -2.05. The summed E-state index contributed by atoms with van der Waals surface area (Å²) in [5.74, 6) is -0.824. The molecule has 1 aromatic rings. The fraction of sp³-hybridized carbons (Fsp3) is 0.423. The van der Waals surface area contributed by atoms with Crippen molar-refractivity contribution in [3.05, 3.63) is 56.5 Å². The summed E-state index contributed by atoms with van der Waals surface area (Å²) in [6.07, 6.45) is 6.10. The van der Waals surface area contributed by atoms with Gasteiger partial charge in [-0.05, 0) is 94.4 Å². The van der Waals surface area contributed by atoms with E-state index >= 15 is 0 Å². The molecular weight excluding hydrogens is 400 g/mol. The summed E-state index contributed by atoms with van der Waals surface area (Å²) in [5.41, 5.74) is 9.05. The molecule has 2 heterocycles. The highest BCUT2D eigenvalue weighted by Crippen LogP contribution is 2.28. The van der Waals surface area contributed by atoms with Crippen molar-refractivity contribution in [3.8, 4) is 0 Å². The first-order valence-electron chi connectivity index (χ1n) is 11.1. The number of likely N-dealkylation sites (N-methyl/N-ethyl adjacent to an activating group) is 1. The van der Waals surface area contributed by atoms with Crippen LogP contribution in [0.2, 0.25) is 0 Å². The minimum absolute atomic E-state index is 0.0849. The van der Waals surface area contributed by atoms with E-state index in [1.54, 1.807) is 0 Å². The molecule has 1 aliphatic rings. The summed E-state index contributed by atoms with van der Waals surface area (Å²) in [7, 11) is 1.92. The van der Waals surface area contributed by atoms with Gasteiger partial charge in [-0.1, -0.05) is 12.5 Å². The zero-order chi connectivity index (χ0) is 24.0. The molecule has 6 nitrogen and oxygen atoms in total. The normalized spacial score (nSPS) is 16.4. The number of hydrogen-bond donors (Lipinski definition) is 4. The van der Waals surface area contributed by atoms with Crippen LogP contribution in [0, 0.1) is 12.3 Å². The number of rotatable bonds is 9. The van der Waals surface area contributed by atoms with Crippen molar-refractivity contribution >= 4 is 29.0 Å². The highest BCUT2D eigenvalue weighted by atomic mass is 16.4. The van der Waals surface area contributed by atoms with E-state index in [4.69, 9.17) is 15.5 Å². The van der Waals surface area contributed by atoms with Crippen LogP contribution in [-0.4, -0.2) is 34.5 Å². The van der Waals surface area contributed by atoms with E-state index < -0.39 is 5.97 Å². The van der Waals surface area contributed by atoms with E-state index in [-0.39, 0.29) is 6.42 Å². The molecular formula is C26H36N4O2. The molecule has 0 bridgehead atoms. The maximum absolute atomic E-state index is 10.7. The van der Waals surface area contributed by atoms with E-state index in [2.05, 4.69) is 50.1 Å². The molecule has 6 heteroatoms. The highest BCUT2D eigenvalue weighted by molar-refractivity contribution is 6.23. The van der Waals surface area contributed by atoms with Gasteiger partial charge in [-0.3, -0.25) is 4.79 Å². The van der Waals surface area contributed by atoms with E-state index in [0.717, 1.165) is 45.4 Å². The van der Waals surface area contributed by atoms with Crippen LogP contribution in [0.5, 0.6) is 0 Å². The molecule has 0 spiro atoms. The molecule has 1 aromatic heterocycles. The summed E-state index contributed by atoms with van der Waals surface area (Å²) in [5, 5.41) is 22.2. The summed E-state index contributed by atoms with van der Waals surface area (Å²) in [6.45, 7) is 12.4. The third-order valence-corrected chi connectivity index (χ3v) is 5.84. The fourth-order valence-corrected chi connectivity index (χ4v) is 3.77. The molecule has 172 valence electrons. The zero-order valence-corrected chi connectivity index (χ0v) is 20.4. The number of aryl methyl sites for hydroxylation is 1. The molecule has 0 fully saturated rings.